The summed E-state index contributed by atoms with van der Waals surface area (Å²) in [6.07, 6.45) is 0.270. The Morgan fingerprint density at radius 1 is 1.50 bits per heavy atom. The molecule has 0 radical (unpaired) electrons. The van der Waals surface area contributed by atoms with Gasteiger partial charge < -0.3 is 4.74 Å². The molecule has 2 saturated carbocycles. The summed E-state index contributed by atoms with van der Waals surface area (Å²) in [5.41, 5.74) is -1.47. The lowest BCUT2D eigenvalue weighted by Gasteiger charge is -2.33. The van der Waals surface area contributed by atoms with Gasteiger partial charge in [-0.3, -0.25) is 4.79 Å². The van der Waals surface area contributed by atoms with Gasteiger partial charge in [0.05, 0.1) is 7.11 Å². The highest BCUT2D eigenvalue weighted by Gasteiger charge is 2.61. The summed E-state index contributed by atoms with van der Waals surface area (Å²) >= 11 is 0. The van der Waals surface area contributed by atoms with Crippen molar-refractivity contribution in [2.45, 2.75) is 32.1 Å². The van der Waals surface area contributed by atoms with Crippen LogP contribution in [-0.4, -0.2) is 19.5 Å². The van der Waals surface area contributed by atoms with Crippen molar-refractivity contribution in [3.63, 3.8) is 0 Å². The minimum atomic E-state index is -2.58. The van der Waals surface area contributed by atoms with Crippen molar-refractivity contribution < 1.29 is 18.3 Å². The number of hydrogen-bond donors (Lipinski definition) is 0. The van der Waals surface area contributed by atoms with E-state index >= 15 is 0 Å². The van der Waals surface area contributed by atoms with Gasteiger partial charge in [-0.05, 0) is 31.1 Å². The van der Waals surface area contributed by atoms with Crippen LogP contribution in [0.15, 0.2) is 0 Å². The second kappa shape index (κ2) is 3.17. The number of fused-ring (bicyclic) bond motifs is 2. The van der Waals surface area contributed by atoms with E-state index < -0.39 is 17.8 Å². The first-order valence-corrected chi connectivity index (χ1v) is 4.98. The number of halogens is 2. The zero-order chi connectivity index (χ0) is 10.3. The van der Waals surface area contributed by atoms with Crippen LogP contribution in [0.5, 0.6) is 0 Å². The standard InChI is InChI=1S/C10H14F2O2/c1-14-9(13)10(8(11)12)5-6-2-3-7(10)4-6/h6-8H,2-5H2,1H3. The Bertz CT molecular complexity index is 255. The average molecular weight is 204 g/mol. The lowest BCUT2D eigenvalue weighted by Crippen LogP contribution is -2.43. The van der Waals surface area contributed by atoms with Crippen LogP contribution in [0, 0.1) is 17.3 Å². The molecule has 2 rings (SSSR count). The fraction of sp³-hybridized carbons (Fsp3) is 0.900. The van der Waals surface area contributed by atoms with Crippen LogP contribution in [0.2, 0.25) is 0 Å². The third-order valence-corrected chi connectivity index (χ3v) is 3.85. The molecule has 80 valence electrons. The van der Waals surface area contributed by atoms with Gasteiger partial charge in [-0.1, -0.05) is 6.42 Å². The quantitative estimate of drug-likeness (QED) is 0.645. The SMILES string of the molecule is COC(=O)C1(C(F)F)CC2CCC1C2. The second-order valence-electron chi connectivity index (χ2n) is 4.41. The van der Waals surface area contributed by atoms with Gasteiger partial charge in [0.2, 0.25) is 0 Å². The Labute approximate surface area is 81.6 Å². The first-order valence-electron chi connectivity index (χ1n) is 4.98. The van der Waals surface area contributed by atoms with Crippen LogP contribution in [-0.2, 0) is 9.53 Å². The van der Waals surface area contributed by atoms with E-state index in [0.29, 0.717) is 12.3 Å². The van der Waals surface area contributed by atoms with Crippen molar-refractivity contribution in [3.05, 3.63) is 0 Å². The predicted molar refractivity (Wildman–Crippen MR) is 45.9 cm³/mol. The van der Waals surface area contributed by atoms with E-state index in [1.54, 1.807) is 0 Å². The average Bonchev–Trinajstić information content (AvgIpc) is 2.75. The zero-order valence-corrected chi connectivity index (χ0v) is 8.13. The molecule has 0 aliphatic heterocycles. The Morgan fingerprint density at radius 3 is 2.57 bits per heavy atom. The van der Waals surface area contributed by atoms with Gasteiger partial charge in [0.15, 0.2) is 0 Å². The molecule has 3 unspecified atom stereocenters. The molecule has 0 amide bonds. The highest BCUT2D eigenvalue weighted by Crippen LogP contribution is 2.59. The van der Waals surface area contributed by atoms with Crippen LogP contribution >= 0.6 is 0 Å². The summed E-state index contributed by atoms with van der Waals surface area (Å²) in [5.74, 6) is -0.548. The van der Waals surface area contributed by atoms with E-state index in [4.69, 9.17) is 0 Å². The summed E-state index contributed by atoms with van der Waals surface area (Å²) in [6.45, 7) is 0. The Morgan fingerprint density at radius 2 is 2.21 bits per heavy atom. The maximum absolute atomic E-state index is 13.0. The van der Waals surface area contributed by atoms with Crippen LogP contribution in [0.4, 0.5) is 8.78 Å². The molecule has 2 aliphatic carbocycles. The number of alkyl halides is 2. The molecule has 2 fully saturated rings. The Hall–Kier alpha value is -0.670. The molecule has 0 saturated heterocycles. The highest BCUT2D eigenvalue weighted by molar-refractivity contribution is 5.78. The maximum Gasteiger partial charge on any atom is 0.317 e. The zero-order valence-electron chi connectivity index (χ0n) is 8.13. The number of esters is 1. The van der Waals surface area contributed by atoms with Crippen molar-refractivity contribution in [3.8, 4) is 0 Å². The molecule has 2 bridgehead atoms. The number of methoxy groups -OCH3 is 1. The molecule has 0 heterocycles. The molecular formula is C10H14F2O2. The summed E-state index contributed by atoms with van der Waals surface area (Å²) in [4.78, 5) is 11.5. The van der Waals surface area contributed by atoms with Gasteiger partial charge in [0.1, 0.15) is 5.41 Å². The number of hydrogen-bond acceptors (Lipinski definition) is 2. The number of rotatable bonds is 2. The smallest absolute Gasteiger partial charge is 0.317 e. The molecule has 2 nitrogen and oxygen atoms in total. The number of carbonyl (C=O) groups is 1. The topological polar surface area (TPSA) is 26.3 Å². The minimum absolute atomic E-state index is 0.153. The minimum Gasteiger partial charge on any atom is -0.468 e. The molecule has 0 aromatic heterocycles. The van der Waals surface area contributed by atoms with Crippen LogP contribution in [0.25, 0.3) is 0 Å². The van der Waals surface area contributed by atoms with Gasteiger partial charge in [-0.2, -0.15) is 0 Å². The first kappa shape index (κ1) is 9.87. The van der Waals surface area contributed by atoms with Crippen molar-refractivity contribution in [2.75, 3.05) is 7.11 Å². The summed E-state index contributed by atoms with van der Waals surface area (Å²) in [6, 6.07) is 0. The summed E-state index contributed by atoms with van der Waals surface area (Å²) < 4.78 is 30.5. The van der Waals surface area contributed by atoms with Gasteiger partial charge in [-0.25, -0.2) is 8.78 Å². The highest BCUT2D eigenvalue weighted by atomic mass is 19.3. The first-order chi connectivity index (χ1) is 6.61. The molecule has 0 spiro atoms. The molecule has 2 aliphatic rings. The summed E-state index contributed by atoms with van der Waals surface area (Å²) in [7, 11) is 1.19. The van der Waals surface area contributed by atoms with Crippen LogP contribution in [0.1, 0.15) is 25.7 Å². The van der Waals surface area contributed by atoms with E-state index in [9.17, 15) is 13.6 Å². The van der Waals surface area contributed by atoms with Gasteiger partial charge in [0, 0.05) is 0 Å². The Kier molecular flexibility index (Phi) is 2.24. The van der Waals surface area contributed by atoms with Gasteiger partial charge in [-0.15, -0.1) is 0 Å². The normalized spacial score (nSPS) is 40.6. The fourth-order valence-electron chi connectivity index (χ4n) is 3.17. The third kappa shape index (κ3) is 1.09. The number of carbonyl (C=O) groups excluding carboxylic acids is 1. The lowest BCUT2D eigenvalue weighted by molar-refractivity contribution is -0.169. The van der Waals surface area contributed by atoms with E-state index in [0.717, 1.165) is 19.3 Å². The van der Waals surface area contributed by atoms with Crippen molar-refractivity contribution in [1.29, 1.82) is 0 Å². The van der Waals surface area contributed by atoms with Gasteiger partial charge >= 0.3 is 5.97 Å². The number of ether oxygens (including phenoxy) is 1. The van der Waals surface area contributed by atoms with Crippen LogP contribution < -0.4 is 0 Å². The van der Waals surface area contributed by atoms with Crippen molar-refractivity contribution in [2.24, 2.45) is 17.3 Å². The molecule has 0 N–H and O–H groups in total. The monoisotopic (exact) mass is 204 g/mol. The summed E-state index contributed by atoms with van der Waals surface area (Å²) in [5, 5.41) is 0. The molecule has 4 heteroatoms. The third-order valence-electron chi connectivity index (χ3n) is 3.85. The molecular weight excluding hydrogens is 190 g/mol. The van der Waals surface area contributed by atoms with E-state index in [2.05, 4.69) is 4.74 Å². The molecule has 0 aromatic rings. The largest absolute Gasteiger partial charge is 0.468 e. The molecule has 0 aromatic carbocycles. The van der Waals surface area contributed by atoms with Crippen LogP contribution in [0.3, 0.4) is 0 Å². The Balaban J connectivity index is 2.28. The van der Waals surface area contributed by atoms with E-state index in [1.807, 2.05) is 0 Å². The predicted octanol–water partition coefficient (Wildman–Crippen LogP) is 2.23. The molecule has 14 heavy (non-hydrogen) atoms. The maximum atomic E-state index is 13.0. The fourth-order valence-corrected chi connectivity index (χ4v) is 3.17. The van der Waals surface area contributed by atoms with E-state index in [1.165, 1.54) is 7.11 Å². The lowest BCUT2D eigenvalue weighted by atomic mass is 9.73. The van der Waals surface area contributed by atoms with E-state index in [-0.39, 0.29) is 5.92 Å². The van der Waals surface area contributed by atoms with Crippen molar-refractivity contribution >= 4 is 5.97 Å². The van der Waals surface area contributed by atoms with Crippen molar-refractivity contribution in [1.82, 2.24) is 0 Å². The second-order valence-corrected chi connectivity index (χ2v) is 4.41. The molecule has 3 atom stereocenters. The van der Waals surface area contributed by atoms with Gasteiger partial charge in [0.25, 0.3) is 6.43 Å².